The van der Waals surface area contributed by atoms with Crippen LogP contribution in [0.4, 0.5) is 10.2 Å². The van der Waals surface area contributed by atoms with Crippen LogP contribution in [-0.2, 0) is 6.42 Å². The Morgan fingerprint density at radius 1 is 1.13 bits per heavy atom. The van der Waals surface area contributed by atoms with E-state index in [1.807, 2.05) is 30.3 Å². The maximum Gasteiger partial charge on any atom is 0.148 e. The van der Waals surface area contributed by atoms with Gasteiger partial charge in [-0.25, -0.2) is 9.07 Å². The van der Waals surface area contributed by atoms with E-state index in [0.717, 1.165) is 41.4 Å². The molecule has 1 aliphatic rings. The Morgan fingerprint density at radius 3 is 2.65 bits per heavy atom. The summed E-state index contributed by atoms with van der Waals surface area (Å²) in [6, 6.07) is 14.5. The second-order valence-electron chi connectivity index (χ2n) is 5.44. The van der Waals surface area contributed by atoms with Crippen LogP contribution in [0.1, 0.15) is 5.56 Å². The van der Waals surface area contributed by atoms with Gasteiger partial charge < -0.3 is 10.1 Å². The summed E-state index contributed by atoms with van der Waals surface area (Å²) in [6.45, 7) is 0.838. The number of ether oxygens (including phenoxy) is 1. The van der Waals surface area contributed by atoms with E-state index in [-0.39, 0.29) is 5.82 Å². The molecule has 2 heterocycles. The first-order valence-corrected chi connectivity index (χ1v) is 7.53. The van der Waals surface area contributed by atoms with Crippen molar-refractivity contribution in [2.75, 3.05) is 19.0 Å². The molecule has 4 nitrogen and oxygen atoms in total. The summed E-state index contributed by atoms with van der Waals surface area (Å²) in [6.07, 6.45) is 0.880. The summed E-state index contributed by atoms with van der Waals surface area (Å²) in [5.74, 6) is 1.39. The van der Waals surface area contributed by atoms with Crippen molar-refractivity contribution in [2.45, 2.75) is 6.42 Å². The maximum atomic E-state index is 14.1. The van der Waals surface area contributed by atoms with Gasteiger partial charge in [-0.1, -0.05) is 12.1 Å². The third-order valence-electron chi connectivity index (χ3n) is 4.10. The third-order valence-corrected chi connectivity index (χ3v) is 4.10. The number of nitrogens with zero attached hydrogens (tertiary/aromatic N) is 2. The van der Waals surface area contributed by atoms with Crippen LogP contribution in [-0.4, -0.2) is 23.4 Å². The quantitative estimate of drug-likeness (QED) is 0.802. The molecule has 1 aromatic heterocycles. The highest BCUT2D eigenvalue weighted by Crippen LogP contribution is 2.35. The average molecular weight is 309 g/mol. The number of hydrogen-bond acceptors (Lipinski definition) is 3. The van der Waals surface area contributed by atoms with E-state index >= 15 is 0 Å². The zero-order valence-corrected chi connectivity index (χ0v) is 12.7. The lowest BCUT2D eigenvalue weighted by Gasteiger charge is -2.07. The zero-order valence-electron chi connectivity index (χ0n) is 12.7. The zero-order chi connectivity index (χ0) is 15.8. The van der Waals surface area contributed by atoms with Crippen molar-refractivity contribution in [3.8, 4) is 22.7 Å². The number of hydrogen-bond donors (Lipinski definition) is 1. The van der Waals surface area contributed by atoms with Gasteiger partial charge in [0.25, 0.3) is 0 Å². The molecule has 0 unspecified atom stereocenters. The fourth-order valence-corrected chi connectivity index (χ4v) is 2.95. The standard InChI is InChI=1S/C18H16FN3O/c1-23-13-8-6-12(7-9-13)17-14-10-11-20-18(14)22(21-17)16-5-3-2-4-15(16)19/h2-9,20H,10-11H2,1H3. The first-order valence-electron chi connectivity index (χ1n) is 7.53. The van der Waals surface area contributed by atoms with E-state index in [4.69, 9.17) is 4.74 Å². The number of benzene rings is 2. The van der Waals surface area contributed by atoms with Gasteiger partial charge in [0.2, 0.25) is 0 Å². The average Bonchev–Trinajstić information content (AvgIpc) is 3.18. The Balaban J connectivity index is 1.86. The van der Waals surface area contributed by atoms with Gasteiger partial charge in [-0.05, 0) is 42.8 Å². The van der Waals surface area contributed by atoms with Gasteiger partial charge in [0.15, 0.2) is 0 Å². The number of halogens is 1. The molecule has 0 atom stereocenters. The minimum absolute atomic E-state index is 0.284. The molecule has 0 bridgehead atoms. The van der Waals surface area contributed by atoms with Crippen molar-refractivity contribution in [3.05, 3.63) is 59.9 Å². The SMILES string of the molecule is COc1ccc(-c2nn(-c3ccccc3F)c3c2CCN3)cc1. The normalized spacial score (nSPS) is 12.8. The molecule has 2 aromatic carbocycles. The summed E-state index contributed by atoms with van der Waals surface area (Å²) in [5, 5.41) is 7.98. The fraction of sp³-hybridized carbons (Fsp3) is 0.167. The molecule has 0 saturated carbocycles. The molecule has 4 rings (SSSR count). The molecule has 116 valence electrons. The van der Waals surface area contributed by atoms with Crippen LogP contribution < -0.4 is 10.1 Å². The largest absolute Gasteiger partial charge is 0.497 e. The summed E-state index contributed by atoms with van der Waals surface area (Å²) in [5.41, 5.74) is 3.47. The Hall–Kier alpha value is -2.82. The van der Waals surface area contributed by atoms with E-state index in [1.54, 1.807) is 23.9 Å². The monoisotopic (exact) mass is 309 g/mol. The Morgan fingerprint density at radius 2 is 1.91 bits per heavy atom. The predicted octanol–water partition coefficient (Wildman–Crippen LogP) is 3.66. The highest BCUT2D eigenvalue weighted by Gasteiger charge is 2.24. The minimum Gasteiger partial charge on any atom is -0.497 e. The Kier molecular flexibility index (Phi) is 3.26. The van der Waals surface area contributed by atoms with Crippen LogP contribution in [0.2, 0.25) is 0 Å². The van der Waals surface area contributed by atoms with Gasteiger partial charge in [0.1, 0.15) is 23.1 Å². The fourth-order valence-electron chi connectivity index (χ4n) is 2.95. The molecule has 0 amide bonds. The van der Waals surface area contributed by atoms with E-state index in [2.05, 4.69) is 10.4 Å². The minimum atomic E-state index is -0.284. The van der Waals surface area contributed by atoms with Crippen LogP contribution in [0.3, 0.4) is 0 Å². The predicted molar refractivity (Wildman–Crippen MR) is 87.7 cm³/mol. The molecular formula is C18H16FN3O. The summed E-state index contributed by atoms with van der Waals surface area (Å²) in [4.78, 5) is 0. The van der Waals surface area contributed by atoms with Crippen LogP contribution in [0, 0.1) is 5.82 Å². The van der Waals surface area contributed by atoms with Crippen LogP contribution in [0.5, 0.6) is 5.75 Å². The molecule has 23 heavy (non-hydrogen) atoms. The van der Waals surface area contributed by atoms with Gasteiger partial charge in [0, 0.05) is 17.7 Å². The highest BCUT2D eigenvalue weighted by molar-refractivity contribution is 5.73. The summed E-state index contributed by atoms with van der Waals surface area (Å²) >= 11 is 0. The topological polar surface area (TPSA) is 39.1 Å². The van der Waals surface area contributed by atoms with Crippen molar-refractivity contribution >= 4 is 5.82 Å². The van der Waals surface area contributed by atoms with Crippen molar-refractivity contribution in [1.82, 2.24) is 9.78 Å². The second kappa shape index (κ2) is 5.43. The lowest BCUT2D eigenvalue weighted by Crippen LogP contribution is -2.05. The van der Waals surface area contributed by atoms with Crippen molar-refractivity contribution in [2.24, 2.45) is 0 Å². The first-order chi connectivity index (χ1) is 11.3. The molecule has 0 spiro atoms. The third kappa shape index (κ3) is 2.25. The van der Waals surface area contributed by atoms with Crippen LogP contribution in [0.25, 0.3) is 16.9 Å². The number of aromatic nitrogens is 2. The number of fused-ring (bicyclic) bond motifs is 1. The first kappa shape index (κ1) is 13.8. The number of rotatable bonds is 3. The van der Waals surface area contributed by atoms with Crippen molar-refractivity contribution in [3.63, 3.8) is 0 Å². The lowest BCUT2D eigenvalue weighted by atomic mass is 10.1. The van der Waals surface area contributed by atoms with E-state index in [9.17, 15) is 4.39 Å². The Labute approximate surface area is 133 Å². The van der Waals surface area contributed by atoms with Gasteiger partial charge in [-0.3, -0.25) is 0 Å². The van der Waals surface area contributed by atoms with Crippen molar-refractivity contribution in [1.29, 1.82) is 0 Å². The van der Waals surface area contributed by atoms with Crippen molar-refractivity contribution < 1.29 is 9.13 Å². The van der Waals surface area contributed by atoms with Gasteiger partial charge in [0.05, 0.1) is 12.8 Å². The molecular weight excluding hydrogens is 293 g/mol. The number of methoxy groups -OCH3 is 1. The van der Waals surface area contributed by atoms with E-state index in [1.165, 1.54) is 6.07 Å². The molecule has 5 heteroatoms. The molecule has 3 aromatic rings. The van der Waals surface area contributed by atoms with Crippen LogP contribution >= 0.6 is 0 Å². The van der Waals surface area contributed by atoms with Crippen LogP contribution in [0.15, 0.2) is 48.5 Å². The van der Waals surface area contributed by atoms with Gasteiger partial charge in [-0.2, -0.15) is 5.10 Å². The smallest absolute Gasteiger partial charge is 0.148 e. The van der Waals surface area contributed by atoms with E-state index in [0.29, 0.717) is 5.69 Å². The van der Waals surface area contributed by atoms with Gasteiger partial charge in [-0.15, -0.1) is 0 Å². The van der Waals surface area contributed by atoms with E-state index < -0.39 is 0 Å². The molecule has 0 fully saturated rings. The summed E-state index contributed by atoms with van der Waals surface area (Å²) < 4.78 is 21.0. The molecule has 0 radical (unpaired) electrons. The number of nitrogens with one attached hydrogen (secondary N) is 1. The second-order valence-corrected chi connectivity index (χ2v) is 5.44. The summed E-state index contributed by atoms with van der Waals surface area (Å²) in [7, 11) is 1.64. The maximum absolute atomic E-state index is 14.1. The van der Waals surface area contributed by atoms with Gasteiger partial charge >= 0.3 is 0 Å². The molecule has 0 saturated heterocycles. The molecule has 1 N–H and O–H groups in total. The molecule has 1 aliphatic heterocycles. The molecule has 0 aliphatic carbocycles. The number of para-hydroxylation sites is 1. The highest BCUT2D eigenvalue weighted by atomic mass is 19.1. The lowest BCUT2D eigenvalue weighted by molar-refractivity contribution is 0.415. The number of anilines is 1. The Bertz CT molecular complexity index is 855.